The van der Waals surface area contributed by atoms with Crippen LogP contribution < -0.4 is 5.32 Å². The van der Waals surface area contributed by atoms with Crippen molar-refractivity contribution in [3.63, 3.8) is 0 Å². The van der Waals surface area contributed by atoms with Gasteiger partial charge in [-0.1, -0.05) is 37.7 Å². The summed E-state index contributed by atoms with van der Waals surface area (Å²) in [6.45, 7) is 4.34. The predicted molar refractivity (Wildman–Crippen MR) is 112 cm³/mol. The van der Waals surface area contributed by atoms with E-state index in [1.807, 2.05) is 30.5 Å². The van der Waals surface area contributed by atoms with Crippen LogP contribution in [-0.2, 0) is 0 Å². The van der Waals surface area contributed by atoms with Crippen molar-refractivity contribution < 1.29 is 5.11 Å². The van der Waals surface area contributed by atoms with E-state index in [0.717, 1.165) is 35.1 Å². The molecule has 6 nitrogen and oxygen atoms in total. The van der Waals surface area contributed by atoms with Crippen molar-refractivity contribution in [1.29, 1.82) is 0 Å². The highest BCUT2D eigenvalue weighted by atomic mass is 32.2. The van der Waals surface area contributed by atoms with E-state index in [-0.39, 0.29) is 0 Å². The van der Waals surface area contributed by atoms with Crippen LogP contribution in [0.3, 0.4) is 0 Å². The van der Waals surface area contributed by atoms with Crippen LogP contribution in [0, 0.1) is 0 Å². The molecule has 0 aliphatic heterocycles. The molecule has 2 heterocycles. The molecule has 2 N–H and O–H groups in total. The summed E-state index contributed by atoms with van der Waals surface area (Å²) in [6, 6.07) is 12.6. The van der Waals surface area contributed by atoms with Crippen LogP contribution in [0.2, 0.25) is 0 Å². The molecule has 0 radical (unpaired) electrons. The van der Waals surface area contributed by atoms with Crippen molar-refractivity contribution >= 4 is 17.4 Å². The number of thioether (sulfide) groups is 1. The summed E-state index contributed by atoms with van der Waals surface area (Å²) in [4.78, 5) is 4.19. The molecule has 0 spiro atoms. The fourth-order valence-electron chi connectivity index (χ4n) is 3.08. The molecule has 1 aromatic carbocycles. The molecule has 1 atom stereocenters. The van der Waals surface area contributed by atoms with Gasteiger partial charge >= 0.3 is 0 Å². The van der Waals surface area contributed by atoms with Gasteiger partial charge in [0.15, 0.2) is 11.0 Å². The number of pyridine rings is 1. The van der Waals surface area contributed by atoms with E-state index in [2.05, 4.69) is 51.0 Å². The molecular weight excluding hydrogens is 370 g/mol. The highest BCUT2D eigenvalue weighted by Gasteiger charge is 2.30. The van der Waals surface area contributed by atoms with E-state index >= 15 is 0 Å². The van der Waals surface area contributed by atoms with Crippen LogP contribution in [0.25, 0.3) is 11.4 Å². The van der Waals surface area contributed by atoms with E-state index in [9.17, 15) is 5.11 Å². The van der Waals surface area contributed by atoms with E-state index in [1.165, 1.54) is 17.3 Å². The molecule has 2 aromatic heterocycles. The normalized spacial score (nSPS) is 15.0. The minimum Gasteiger partial charge on any atom is -0.373 e. The van der Waals surface area contributed by atoms with Crippen molar-refractivity contribution in [2.24, 2.45) is 0 Å². The van der Waals surface area contributed by atoms with Gasteiger partial charge in [-0.05, 0) is 48.6 Å². The quantitative estimate of drug-likeness (QED) is 0.437. The zero-order chi connectivity index (χ0) is 19.5. The summed E-state index contributed by atoms with van der Waals surface area (Å²) in [5.41, 5.74) is 3.17. The van der Waals surface area contributed by atoms with Gasteiger partial charge in [-0.2, -0.15) is 0 Å². The van der Waals surface area contributed by atoms with Crippen molar-refractivity contribution in [3.05, 3.63) is 54.4 Å². The number of nitrogens with one attached hydrogen (secondary N) is 1. The topological polar surface area (TPSA) is 75.9 Å². The minimum absolute atomic E-state index is 0.446. The lowest BCUT2D eigenvalue weighted by atomic mass is 10.0. The summed E-state index contributed by atoms with van der Waals surface area (Å²) in [6.07, 6.45) is 5.19. The number of aliphatic hydroxyl groups excluding tert-OH is 1. The number of hydrogen-bond donors (Lipinski definition) is 2. The molecule has 0 bridgehead atoms. The maximum Gasteiger partial charge on any atom is 0.191 e. The Balaban J connectivity index is 1.41. The van der Waals surface area contributed by atoms with Crippen molar-refractivity contribution in [3.8, 4) is 11.4 Å². The summed E-state index contributed by atoms with van der Waals surface area (Å²) >= 11 is 1.52. The van der Waals surface area contributed by atoms with Crippen LogP contribution in [0.4, 0.5) is 5.69 Å². The summed E-state index contributed by atoms with van der Waals surface area (Å²) in [5, 5.41) is 23.2. The molecule has 0 saturated heterocycles. The fourth-order valence-corrected chi connectivity index (χ4v) is 3.94. The number of rotatable bonds is 8. The molecule has 7 heteroatoms. The second-order valence-corrected chi connectivity index (χ2v) is 8.38. The van der Waals surface area contributed by atoms with Gasteiger partial charge in [-0.15, -0.1) is 10.2 Å². The van der Waals surface area contributed by atoms with Crippen LogP contribution in [0.15, 0.2) is 53.9 Å². The Hall–Kier alpha value is -2.38. The molecule has 1 aliphatic rings. The smallest absolute Gasteiger partial charge is 0.191 e. The zero-order valence-electron chi connectivity index (χ0n) is 16.1. The number of nitrogens with zero attached hydrogens (tertiary/aromatic N) is 4. The van der Waals surface area contributed by atoms with E-state index in [0.29, 0.717) is 17.7 Å². The van der Waals surface area contributed by atoms with Crippen molar-refractivity contribution in [2.45, 2.75) is 50.0 Å². The Labute approximate surface area is 169 Å². The summed E-state index contributed by atoms with van der Waals surface area (Å²) in [5.74, 6) is 1.84. The molecule has 3 aromatic rings. The molecule has 1 aliphatic carbocycles. The Morgan fingerprint density at radius 2 is 1.96 bits per heavy atom. The van der Waals surface area contributed by atoms with Gasteiger partial charge in [0.05, 0.1) is 0 Å². The molecule has 4 rings (SSSR count). The lowest BCUT2D eigenvalue weighted by Gasteiger charge is -2.15. The van der Waals surface area contributed by atoms with Crippen molar-refractivity contribution in [2.75, 3.05) is 11.1 Å². The van der Waals surface area contributed by atoms with Gasteiger partial charge in [0.2, 0.25) is 0 Å². The first-order valence-corrected chi connectivity index (χ1v) is 10.6. The lowest BCUT2D eigenvalue weighted by molar-refractivity contribution is 0.229. The molecular formula is C21H25N5OS. The minimum atomic E-state index is -0.666. The first-order valence-electron chi connectivity index (χ1n) is 9.64. The number of aliphatic hydroxyl groups is 1. The third-order valence-corrected chi connectivity index (χ3v) is 5.80. The lowest BCUT2D eigenvalue weighted by Crippen LogP contribution is -2.21. The van der Waals surface area contributed by atoms with Crippen LogP contribution in [0.5, 0.6) is 0 Å². The number of benzene rings is 1. The molecule has 1 unspecified atom stereocenters. The van der Waals surface area contributed by atoms with E-state index < -0.39 is 6.23 Å². The number of anilines is 1. The number of aromatic nitrogens is 4. The molecule has 146 valence electrons. The van der Waals surface area contributed by atoms with Gasteiger partial charge in [0.1, 0.15) is 6.23 Å². The van der Waals surface area contributed by atoms with Crippen molar-refractivity contribution in [1.82, 2.24) is 19.7 Å². The first-order chi connectivity index (χ1) is 13.6. The molecule has 1 fully saturated rings. The standard InChI is InChI=1S/C21H25N5OS/c1-14(2)15-5-7-17(8-6-15)23-19(27)13-28-21-25-24-20(26(21)18-9-10-18)16-4-3-11-22-12-16/h3-8,11-12,14,18-19,23,27H,9-10,13H2,1-2H3. The van der Waals surface area contributed by atoms with Gasteiger partial charge < -0.3 is 10.4 Å². The SMILES string of the molecule is CC(C)c1ccc(NC(O)CSc2nnc(-c3cccnc3)n2C2CC2)cc1. The highest BCUT2D eigenvalue weighted by Crippen LogP contribution is 2.41. The Bertz CT molecular complexity index is 906. The highest BCUT2D eigenvalue weighted by molar-refractivity contribution is 7.99. The zero-order valence-corrected chi connectivity index (χ0v) is 16.9. The first kappa shape index (κ1) is 19.0. The molecule has 28 heavy (non-hydrogen) atoms. The summed E-state index contributed by atoms with van der Waals surface area (Å²) < 4.78 is 2.19. The molecule has 1 saturated carbocycles. The maximum atomic E-state index is 10.4. The Morgan fingerprint density at radius 3 is 2.61 bits per heavy atom. The second kappa shape index (κ2) is 8.32. The second-order valence-electron chi connectivity index (χ2n) is 7.40. The van der Waals surface area contributed by atoms with Crippen LogP contribution in [0.1, 0.15) is 44.2 Å². The Kier molecular flexibility index (Phi) is 5.64. The number of hydrogen-bond acceptors (Lipinski definition) is 6. The van der Waals surface area contributed by atoms with Gasteiger partial charge in [0.25, 0.3) is 0 Å². The molecule has 0 amide bonds. The summed E-state index contributed by atoms with van der Waals surface area (Å²) in [7, 11) is 0. The predicted octanol–water partition coefficient (Wildman–Crippen LogP) is 4.32. The fraction of sp³-hybridized carbons (Fsp3) is 0.381. The van der Waals surface area contributed by atoms with Gasteiger partial charge in [0, 0.05) is 35.4 Å². The average Bonchev–Trinajstić information content (AvgIpc) is 3.46. The van der Waals surface area contributed by atoms with E-state index in [1.54, 1.807) is 6.20 Å². The monoisotopic (exact) mass is 395 g/mol. The van der Waals surface area contributed by atoms with Gasteiger partial charge in [-0.25, -0.2) is 0 Å². The van der Waals surface area contributed by atoms with Gasteiger partial charge in [-0.3, -0.25) is 9.55 Å². The van der Waals surface area contributed by atoms with Crippen LogP contribution in [-0.4, -0.2) is 36.8 Å². The third kappa shape index (κ3) is 4.36. The average molecular weight is 396 g/mol. The maximum absolute atomic E-state index is 10.4. The largest absolute Gasteiger partial charge is 0.373 e. The van der Waals surface area contributed by atoms with E-state index in [4.69, 9.17) is 0 Å². The third-order valence-electron chi connectivity index (χ3n) is 4.78. The Morgan fingerprint density at radius 1 is 1.18 bits per heavy atom. The van der Waals surface area contributed by atoms with Crippen LogP contribution >= 0.6 is 11.8 Å².